The van der Waals surface area contributed by atoms with Crippen molar-refractivity contribution in [1.82, 2.24) is 0 Å². The largest absolute Gasteiger partial charge is 0.480 e. The van der Waals surface area contributed by atoms with E-state index < -0.39 is 6.10 Å². The molecule has 0 fully saturated rings. The number of halogens is 1. The minimum atomic E-state index is -0.449. The Balaban J connectivity index is 0.000000980. The molecule has 2 rings (SSSR count). The van der Waals surface area contributed by atoms with Crippen molar-refractivity contribution in [2.75, 3.05) is 0 Å². The van der Waals surface area contributed by atoms with Gasteiger partial charge in [-0.05, 0) is 24.5 Å². The van der Waals surface area contributed by atoms with E-state index in [0.29, 0.717) is 6.42 Å². The van der Waals surface area contributed by atoms with Crippen molar-refractivity contribution in [3.63, 3.8) is 0 Å². The molecule has 0 saturated heterocycles. The van der Waals surface area contributed by atoms with Crippen molar-refractivity contribution in [2.24, 2.45) is 5.73 Å². The summed E-state index contributed by atoms with van der Waals surface area (Å²) in [5, 5.41) is 0. The van der Waals surface area contributed by atoms with E-state index in [2.05, 4.69) is 0 Å². The molecule has 1 aliphatic rings. The van der Waals surface area contributed by atoms with E-state index >= 15 is 0 Å². The van der Waals surface area contributed by atoms with Crippen LogP contribution in [-0.2, 0) is 11.2 Å². The maximum Gasteiger partial charge on any atom is 0.258 e. The van der Waals surface area contributed by atoms with Crippen LogP contribution in [0.15, 0.2) is 24.3 Å². The van der Waals surface area contributed by atoms with E-state index in [-0.39, 0.29) is 18.3 Å². The second-order valence-corrected chi connectivity index (χ2v) is 3.16. The molecule has 0 spiro atoms. The first-order valence-electron chi connectivity index (χ1n) is 4.31. The number of hydrogen-bond acceptors (Lipinski definition) is 2. The van der Waals surface area contributed by atoms with Crippen LogP contribution in [0.25, 0.3) is 0 Å². The minimum Gasteiger partial charge on any atom is -0.480 e. The predicted molar refractivity (Wildman–Crippen MR) is 55.6 cm³/mol. The van der Waals surface area contributed by atoms with Crippen LogP contribution in [0, 0.1) is 0 Å². The van der Waals surface area contributed by atoms with E-state index in [4.69, 9.17) is 10.5 Å². The summed E-state index contributed by atoms with van der Waals surface area (Å²) in [5.74, 6) is 0.409. The lowest BCUT2D eigenvalue weighted by Crippen LogP contribution is -2.36. The second kappa shape index (κ2) is 4.33. The van der Waals surface area contributed by atoms with E-state index in [1.165, 1.54) is 0 Å². The van der Waals surface area contributed by atoms with Crippen molar-refractivity contribution >= 4 is 18.3 Å². The molecule has 1 aliphatic heterocycles. The predicted octanol–water partition coefficient (Wildman–Crippen LogP) is 1.29. The molecule has 1 amide bonds. The molecule has 76 valence electrons. The topological polar surface area (TPSA) is 52.3 Å². The Morgan fingerprint density at radius 1 is 1.43 bits per heavy atom. The smallest absolute Gasteiger partial charge is 0.258 e. The first-order chi connectivity index (χ1) is 6.27. The second-order valence-electron chi connectivity index (χ2n) is 3.16. The van der Waals surface area contributed by atoms with Gasteiger partial charge in [0.15, 0.2) is 6.10 Å². The maximum atomic E-state index is 10.9. The van der Waals surface area contributed by atoms with E-state index in [0.717, 1.165) is 17.7 Å². The minimum absolute atomic E-state index is 0. The normalized spacial score (nSPS) is 18.7. The van der Waals surface area contributed by atoms with Crippen molar-refractivity contribution in [1.29, 1.82) is 0 Å². The molecule has 2 N–H and O–H groups in total. The van der Waals surface area contributed by atoms with Crippen molar-refractivity contribution in [3.05, 3.63) is 29.8 Å². The summed E-state index contributed by atoms with van der Waals surface area (Å²) in [6.45, 7) is 0. The number of ether oxygens (including phenoxy) is 1. The van der Waals surface area contributed by atoms with Crippen molar-refractivity contribution < 1.29 is 9.53 Å². The number of para-hydroxylation sites is 1. The van der Waals surface area contributed by atoms with Gasteiger partial charge in [-0.15, -0.1) is 12.4 Å². The molecule has 1 atom stereocenters. The number of carbonyl (C=O) groups is 1. The molecule has 0 saturated carbocycles. The highest BCUT2D eigenvalue weighted by molar-refractivity contribution is 5.85. The average molecular weight is 214 g/mol. The highest BCUT2D eigenvalue weighted by atomic mass is 35.5. The van der Waals surface area contributed by atoms with Gasteiger partial charge in [-0.25, -0.2) is 0 Å². The van der Waals surface area contributed by atoms with Crippen LogP contribution in [0.4, 0.5) is 0 Å². The SMILES string of the molecule is Cl.NC(=O)C1CCc2ccccc2O1. The van der Waals surface area contributed by atoms with Crippen molar-refractivity contribution in [3.8, 4) is 5.75 Å². The molecule has 0 aliphatic carbocycles. The Labute approximate surface area is 88.7 Å². The number of rotatable bonds is 1. The number of amides is 1. The Morgan fingerprint density at radius 3 is 2.86 bits per heavy atom. The van der Waals surface area contributed by atoms with Gasteiger partial charge in [-0.1, -0.05) is 18.2 Å². The van der Waals surface area contributed by atoms with Gasteiger partial charge in [0, 0.05) is 0 Å². The van der Waals surface area contributed by atoms with Crippen LogP contribution in [-0.4, -0.2) is 12.0 Å². The molecule has 1 aromatic rings. The third kappa shape index (κ3) is 1.99. The van der Waals surface area contributed by atoms with Crippen LogP contribution >= 0.6 is 12.4 Å². The summed E-state index contributed by atoms with van der Waals surface area (Å²) < 4.78 is 5.42. The highest BCUT2D eigenvalue weighted by Gasteiger charge is 2.23. The number of benzene rings is 1. The summed E-state index contributed by atoms with van der Waals surface area (Å²) >= 11 is 0. The molecule has 0 bridgehead atoms. The number of nitrogens with two attached hydrogens (primary N) is 1. The summed E-state index contributed by atoms with van der Waals surface area (Å²) in [6, 6.07) is 7.73. The van der Waals surface area contributed by atoms with Gasteiger partial charge >= 0.3 is 0 Å². The van der Waals surface area contributed by atoms with Gasteiger partial charge in [-0.2, -0.15) is 0 Å². The Morgan fingerprint density at radius 2 is 2.14 bits per heavy atom. The molecule has 1 aromatic carbocycles. The fourth-order valence-electron chi connectivity index (χ4n) is 1.52. The van der Waals surface area contributed by atoms with Gasteiger partial charge in [0.1, 0.15) is 5.75 Å². The Kier molecular flexibility index (Phi) is 3.36. The standard InChI is InChI=1S/C10H11NO2.ClH/c11-10(12)9-6-5-7-3-1-2-4-8(7)13-9;/h1-4,9H,5-6H2,(H2,11,12);1H. The summed E-state index contributed by atoms with van der Waals surface area (Å²) in [4.78, 5) is 10.9. The zero-order valence-electron chi connectivity index (χ0n) is 7.60. The van der Waals surface area contributed by atoms with E-state index in [9.17, 15) is 4.79 Å². The molecule has 0 aromatic heterocycles. The fourth-order valence-corrected chi connectivity index (χ4v) is 1.52. The summed E-state index contributed by atoms with van der Waals surface area (Å²) in [7, 11) is 0. The van der Waals surface area contributed by atoms with Gasteiger partial charge in [0.2, 0.25) is 0 Å². The molecular weight excluding hydrogens is 202 g/mol. The number of carbonyl (C=O) groups excluding carboxylic acids is 1. The third-order valence-electron chi connectivity index (χ3n) is 2.24. The lowest BCUT2D eigenvalue weighted by Gasteiger charge is -2.23. The number of aryl methyl sites for hydroxylation is 1. The van der Waals surface area contributed by atoms with Crippen LogP contribution in [0.5, 0.6) is 5.75 Å². The molecule has 3 nitrogen and oxygen atoms in total. The molecule has 0 radical (unpaired) electrons. The summed E-state index contributed by atoms with van der Waals surface area (Å²) in [6.07, 6.45) is 1.10. The maximum absolute atomic E-state index is 10.9. The van der Waals surface area contributed by atoms with Crippen molar-refractivity contribution in [2.45, 2.75) is 18.9 Å². The quantitative estimate of drug-likeness (QED) is 0.764. The van der Waals surface area contributed by atoms with E-state index in [1.54, 1.807) is 0 Å². The van der Waals surface area contributed by atoms with Gasteiger partial charge in [0.05, 0.1) is 0 Å². The van der Waals surface area contributed by atoms with Gasteiger partial charge < -0.3 is 10.5 Å². The average Bonchev–Trinajstić information content (AvgIpc) is 2.17. The lowest BCUT2D eigenvalue weighted by molar-refractivity contribution is -0.125. The van der Waals surface area contributed by atoms with Crippen LogP contribution < -0.4 is 10.5 Å². The molecular formula is C10H12ClNO2. The number of hydrogen-bond donors (Lipinski definition) is 1. The molecule has 14 heavy (non-hydrogen) atoms. The molecule has 1 unspecified atom stereocenters. The zero-order chi connectivity index (χ0) is 9.26. The number of primary amides is 1. The lowest BCUT2D eigenvalue weighted by atomic mass is 10.0. The van der Waals surface area contributed by atoms with Crippen LogP contribution in [0.2, 0.25) is 0 Å². The Hall–Kier alpha value is -1.22. The van der Waals surface area contributed by atoms with Crippen LogP contribution in [0.3, 0.4) is 0 Å². The molecule has 4 heteroatoms. The zero-order valence-corrected chi connectivity index (χ0v) is 8.42. The van der Waals surface area contributed by atoms with Gasteiger partial charge in [-0.3, -0.25) is 4.79 Å². The summed E-state index contributed by atoms with van der Waals surface area (Å²) in [5.41, 5.74) is 6.31. The Bertz CT molecular complexity index is 341. The first kappa shape index (κ1) is 10.9. The highest BCUT2D eigenvalue weighted by Crippen LogP contribution is 2.26. The fraction of sp³-hybridized carbons (Fsp3) is 0.300. The van der Waals surface area contributed by atoms with E-state index in [1.807, 2.05) is 24.3 Å². The van der Waals surface area contributed by atoms with Gasteiger partial charge in [0.25, 0.3) is 5.91 Å². The first-order valence-corrected chi connectivity index (χ1v) is 4.31. The van der Waals surface area contributed by atoms with Crippen LogP contribution in [0.1, 0.15) is 12.0 Å². The number of fused-ring (bicyclic) bond motifs is 1. The monoisotopic (exact) mass is 213 g/mol. The molecule has 1 heterocycles. The third-order valence-corrected chi connectivity index (χ3v) is 2.24.